The average molecular weight is 493 g/mol. The van der Waals surface area contributed by atoms with Gasteiger partial charge in [-0.15, -0.1) is 0 Å². The molecular weight excluding hydrogens is 459 g/mol. The van der Waals surface area contributed by atoms with Gasteiger partial charge >= 0.3 is 0 Å². The van der Waals surface area contributed by atoms with Crippen molar-refractivity contribution < 1.29 is 24.2 Å². The Morgan fingerprint density at radius 1 is 1.19 bits per heavy atom. The Hall–Kier alpha value is -3.29. The summed E-state index contributed by atoms with van der Waals surface area (Å²) >= 11 is 0. The molecule has 2 unspecified atom stereocenters. The van der Waals surface area contributed by atoms with E-state index in [4.69, 9.17) is 5.73 Å². The zero-order chi connectivity index (χ0) is 25.9. The van der Waals surface area contributed by atoms with Crippen molar-refractivity contribution in [1.82, 2.24) is 5.32 Å². The SMILES string of the molecule is Cc1c(F)cccc1C1=C(C(=O)c2cccc(O)c2)CC(CCCN)(C(=O)C2CCCNC2)C=C1O. The number of halogens is 1. The van der Waals surface area contributed by atoms with Gasteiger partial charge in [0.1, 0.15) is 23.1 Å². The van der Waals surface area contributed by atoms with Gasteiger partial charge < -0.3 is 21.3 Å². The lowest BCUT2D eigenvalue weighted by Crippen LogP contribution is -2.44. The third-order valence-electron chi connectivity index (χ3n) is 7.37. The average Bonchev–Trinajstić information content (AvgIpc) is 2.88. The first kappa shape index (κ1) is 25.8. The number of phenols is 1. The van der Waals surface area contributed by atoms with E-state index in [0.29, 0.717) is 37.1 Å². The van der Waals surface area contributed by atoms with E-state index in [9.17, 15) is 24.2 Å². The number of aromatic hydroxyl groups is 1. The van der Waals surface area contributed by atoms with Gasteiger partial charge in [-0.05, 0) is 87.5 Å². The highest BCUT2D eigenvalue weighted by atomic mass is 19.1. The number of nitrogens with two attached hydrogens (primary N) is 1. The van der Waals surface area contributed by atoms with Crippen LogP contribution in [0, 0.1) is 24.1 Å². The van der Waals surface area contributed by atoms with Gasteiger partial charge in [0.2, 0.25) is 0 Å². The third-order valence-corrected chi connectivity index (χ3v) is 7.37. The Kier molecular flexibility index (Phi) is 7.71. The van der Waals surface area contributed by atoms with Gasteiger partial charge in [0.05, 0.1) is 5.41 Å². The number of rotatable bonds is 8. The topological polar surface area (TPSA) is 113 Å². The van der Waals surface area contributed by atoms with Crippen molar-refractivity contribution in [2.24, 2.45) is 17.1 Å². The molecule has 0 saturated carbocycles. The monoisotopic (exact) mass is 492 g/mol. The lowest BCUT2D eigenvalue weighted by atomic mass is 9.64. The number of piperidine rings is 1. The van der Waals surface area contributed by atoms with E-state index < -0.39 is 17.0 Å². The second-order valence-corrected chi connectivity index (χ2v) is 9.81. The van der Waals surface area contributed by atoms with Crippen molar-refractivity contribution in [3.05, 3.63) is 82.4 Å². The number of hydrogen-bond acceptors (Lipinski definition) is 6. The predicted molar refractivity (Wildman–Crippen MR) is 137 cm³/mol. The fourth-order valence-electron chi connectivity index (χ4n) is 5.48. The van der Waals surface area contributed by atoms with E-state index in [1.54, 1.807) is 31.2 Å². The largest absolute Gasteiger partial charge is 0.508 e. The van der Waals surface area contributed by atoms with Crippen molar-refractivity contribution in [3.63, 3.8) is 0 Å². The van der Waals surface area contributed by atoms with E-state index in [0.717, 1.165) is 19.4 Å². The van der Waals surface area contributed by atoms with Crippen molar-refractivity contribution >= 4 is 17.1 Å². The minimum absolute atomic E-state index is 0.0223. The predicted octanol–water partition coefficient (Wildman–Crippen LogP) is 4.62. The summed E-state index contributed by atoms with van der Waals surface area (Å²) in [6, 6.07) is 10.5. The molecule has 6 nitrogen and oxygen atoms in total. The molecule has 1 heterocycles. The molecule has 1 aliphatic heterocycles. The third kappa shape index (κ3) is 4.99. The van der Waals surface area contributed by atoms with E-state index in [-0.39, 0.29) is 46.3 Å². The Labute approximate surface area is 210 Å². The minimum atomic E-state index is -1.11. The van der Waals surface area contributed by atoms with E-state index in [1.807, 2.05) is 0 Å². The zero-order valence-electron chi connectivity index (χ0n) is 20.5. The molecule has 5 N–H and O–H groups in total. The Morgan fingerprint density at radius 3 is 2.67 bits per heavy atom. The van der Waals surface area contributed by atoms with Crippen molar-refractivity contribution in [2.75, 3.05) is 19.6 Å². The number of nitrogens with one attached hydrogen (secondary N) is 1. The maximum atomic E-state index is 14.5. The number of benzene rings is 2. The zero-order valence-corrected chi connectivity index (χ0v) is 20.5. The molecule has 0 spiro atoms. The summed E-state index contributed by atoms with van der Waals surface area (Å²) in [6.07, 6.45) is 4.16. The molecule has 0 bridgehead atoms. The van der Waals surface area contributed by atoms with Gasteiger partial charge in [0.15, 0.2) is 5.78 Å². The van der Waals surface area contributed by atoms with Crippen molar-refractivity contribution in [3.8, 4) is 5.75 Å². The first-order chi connectivity index (χ1) is 17.3. The standard InChI is InChI=1S/C29H33FN2O4/c1-18-22(9-3-10-24(18)30)26-23(27(35)19-6-2-8-21(33)14-19)15-29(11-5-12-31,16-25(26)34)28(36)20-7-4-13-32-17-20/h2-3,6,8-10,14,16,20,32-34H,4-5,7,11-13,15,17,31H2,1H3. The lowest BCUT2D eigenvalue weighted by Gasteiger charge is -2.38. The van der Waals surface area contributed by atoms with Crippen molar-refractivity contribution in [2.45, 2.75) is 39.0 Å². The smallest absolute Gasteiger partial charge is 0.189 e. The van der Waals surface area contributed by atoms with E-state index >= 15 is 0 Å². The number of carbonyl (C=O) groups excluding carboxylic acids is 2. The first-order valence-corrected chi connectivity index (χ1v) is 12.5. The molecule has 2 atom stereocenters. The normalized spacial score (nSPS) is 22.3. The highest BCUT2D eigenvalue weighted by Gasteiger charge is 2.45. The summed E-state index contributed by atoms with van der Waals surface area (Å²) in [5.41, 5.74) is 6.07. The number of carbonyl (C=O) groups is 2. The summed E-state index contributed by atoms with van der Waals surface area (Å²) in [5, 5.41) is 24.7. The number of hydrogen-bond donors (Lipinski definition) is 4. The number of aliphatic hydroxyl groups is 1. The van der Waals surface area contributed by atoms with Crippen LogP contribution in [0.1, 0.15) is 53.6 Å². The van der Waals surface area contributed by atoms with E-state index in [1.165, 1.54) is 24.3 Å². The molecular formula is C29H33FN2O4. The molecule has 190 valence electrons. The molecule has 2 aromatic carbocycles. The molecule has 1 saturated heterocycles. The molecule has 1 fully saturated rings. The van der Waals surface area contributed by atoms with Crippen LogP contribution < -0.4 is 11.1 Å². The summed E-state index contributed by atoms with van der Waals surface area (Å²) in [5.74, 6) is -1.43. The molecule has 7 heteroatoms. The van der Waals surface area contributed by atoms with Gasteiger partial charge in [-0.2, -0.15) is 0 Å². The maximum Gasteiger partial charge on any atom is 0.189 e. The van der Waals surface area contributed by atoms with Gasteiger partial charge in [-0.25, -0.2) is 4.39 Å². The number of aliphatic hydroxyl groups excluding tert-OH is 1. The second kappa shape index (κ2) is 10.8. The molecule has 2 aliphatic rings. The number of ketones is 2. The number of Topliss-reactive ketones (excluding diaryl/α,β-unsaturated/α-hetero) is 2. The van der Waals surface area contributed by atoms with Gasteiger partial charge in [-0.3, -0.25) is 9.59 Å². The quantitative estimate of drug-likeness (QED) is 0.400. The summed E-state index contributed by atoms with van der Waals surface area (Å²) in [6.45, 7) is 3.36. The van der Waals surface area contributed by atoms with Crippen LogP contribution in [0.2, 0.25) is 0 Å². The number of allylic oxidation sites excluding steroid dienone is 3. The Balaban J connectivity index is 1.90. The summed E-state index contributed by atoms with van der Waals surface area (Å²) < 4.78 is 14.5. The highest BCUT2D eigenvalue weighted by Crippen LogP contribution is 2.47. The van der Waals surface area contributed by atoms with Crippen LogP contribution in [0.3, 0.4) is 0 Å². The van der Waals surface area contributed by atoms with Crippen LogP contribution in [0.5, 0.6) is 5.75 Å². The van der Waals surface area contributed by atoms with Crippen LogP contribution in [0.15, 0.2) is 59.9 Å². The van der Waals surface area contributed by atoms with Gasteiger partial charge in [0.25, 0.3) is 0 Å². The maximum absolute atomic E-state index is 14.5. The van der Waals surface area contributed by atoms with Crippen LogP contribution in [0.4, 0.5) is 4.39 Å². The van der Waals surface area contributed by atoms with Gasteiger partial charge in [-0.1, -0.05) is 24.3 Å². The van der Waals surface area contributed by atoms with Crippen LogP contribution >= 0.6 is 0 Å². The number of phenolic OH excluding ortho intramolecular Hbond substituents is 1. The second-order valence-electron chi connectivity index (χ2n) is 9.81. The highest BCUT2D eigenvalue weighted by molar-refractivity contribution is 6.16. The van der Waals surface area contributed by atoms with Crippen molar-refractivity contribution in [1.29, 1.82) is 0 Å². The molecule has 4 rings (SSSR count). The first-order valence-electron chi connectivity index (χ1n) is 12.5. The van der Waals surface area contributed by atoms with Gasteiger partial charge in [0, 0.05) is 29.2 Å². The molecule has 1 aliphatic carbocycles. The summed E-state index contributed by atoms with van der Waals surface area (Å²) in [7, 11) is 0. The molecule has 0 amide bonds. The van der Waals surface area contributed by atoms with Crippen LogP contribution in [-0.4, -0.2) is 41.4 Å². The van der Waals surface area contributed by atoms with E-state index in [2.05, 4.69) is 5.32 Å². The minimum Gasteiger partial charge on any atom is -0.508 e. The lowest BCUT2D eigenvalue weighted by molar-refractivity contribution is -0.131. The molecule has 0 aromatic heterocycles. The van der Waals surface area contributed by atoms with Crippen LogP contribution in [-0.2, 0) is 4.79 Å². The summed E-state index contributed by atoms with van der Waals surface area (Å²) in [4.78, 5) is 27.9. The Bertz CT molecular complexity index is 1230. The molecule has 0 radical (unpaired) electrons. The fraction of sp³-hybridized carbons (Fsp3) is 0.379. The molecule has 36 heavy (non-hydrogen) atoms. The fourth-order valence-corrected chi connectivity index (χ4v) is 5.48. The Morgan fingerprint density at radius 2 is 1.97 bits per heavy atom. The van der Waals surface area contributed by atoms with Crippen LogP contribution in [0.25, 0.3) is 5.57 Å². The molecule has 2 aromatic rings.